The molecule has 2 heteroatoms. The van der Waals surface area contributed by atoms with E-state index in [0.29, 0.717) is 28.7 Å². The summed E-state index contributed by atoms with van der Waals surface area (Å²) >= 11 is 0. The molecule has 0 saturated heterocycles. The number of rotatable bonds is 2. The van der Waals surface area contributed by atoms with Crippen LogP contribution in [0.3, 0.4) is 0 Å². The lowest BCUT2D eigenvalue weighted by Gasteiger charge is -2.36. The molecule has 2 nitrogen and oxygen atoms in total. The Labute approximate surface area is 164 Å². The fourth-order valence-electron chi connectivity index (χ4n) is 4.47. The van der Waals surface area contributed by atoms with Crippen molar-refractivity contribution in [3.63, 3.8) is 0 Å². The van der Waals surface area contributed by atoms with Gasteiger partial charge in [-0.1, -0.05) is 84.9 Å². The van der Waals surface area contributed by atoms with Crippen molar-refractivity contribution in [2.75, 3.05) is 0 Å². The second-order valence-corrected chi connectivity index (χ2v) is 7.59. The first kappa shape index (κ1) is 16.9. The van der Waals surface area contributed by atoms with Crippen molar-refractivity contribution in [2.45, 2.75) is 18.9 Å². The summed E-state index contributed by atoms with van der Waals surface area (Å²) in [6.45, 7) is 1.93. The minimum atomic E-state index is -1.24. The molecule has 4 aromatic carbocycles. The average molecular weight is 364 g/mol. The van der Waals surface area contributed by atoms with Gasteiger partial charge < -0.3 is 5.11 Å². The summed E-state index contributed by atoms with van der Waals surface area (Å²) in [5.74, 6) is -0.00751. The summed E-state index contributed by atoms with van der Waals surface area (Å²) in [4.78, 5) is 13.1. The van der Waals surface area contributed by atoms with Gasteiger partial charge in [0.15, 0.2) is 5.78 Å². The highest BCUT2D eigenvalue weighted by atomic mass is 16.3. The van der Waals surface area contributed by atoms with Gasteiger partial charge in [0.1, 0.15) is 5.60 Å². The van der Waals surface area contributed by atoms with E-state index < -0.39 is 5.60 Å². The highest BCUT2D eigenvalue weighted by molar-refractivity contribution is 6.14. The van der Waals surface area contributed by atoms with E-state index in [4.69, 9.17) is 0 Å². The summed E-state index contributed by atoms with van der Waals surface area (Å²) in [6, 6.07) is 27.7. The number of fused-ring (bicyclic) bond motifs is 3. The molecule has 136 valence electrons. The van der Waals surface area contributed by atoms with Gasteiger partial charge in [-0.25, -0.2) is 0 Å². The van der Waals surface area contributed by atoms with Crippen LogP contribution >= 0.6 is 0 Å². The summed E-state index contributed by atoms with van der Waals surface area (Å²) in [7, 11) is 0. The van der Waals surface area contributed by atoms with Crippen LogP contribution in [0.15, 0.2) is 84.9 Å². The molecule has 1 N–H and O–H groups in total. The number of hydrogen-bond donors (Lipinski definition) is 1. The van der Waals surface area contributed by atoms with Crippen molar-refractivity contribution in [3.05, 3.63) is 118 Å². The smallest absolute Gasteiger partial charge is 0.194 e. The van der Waals surface area contributed by atoms with Gasteiger partial charge in [0.05, 0.1) is 0 Å². The molecule has 0 radical (unpaired) electrons. The van der Waals surface area contributed by atoms with Crippen LogP contribution in [0.5, 0.6) is 0 Å². The highest BCUT2D eigenvalue weighted by Gasteiger charge is 2.42. The highest BCUT2D eigenvalue weighted by Crippen LogP contribution is 2.43. The number of aliphatic hydroxyl groups is 1. The van der Waals surface area contributed by atoms with Crippen LogP contribution in [-0.4, -0.2) is 10.9 Å². The zero-order valence-electron chi connectivity index (χ0n) is 15.6. The molecule has 1 unspecified atom stereocenters. The van der Waals surface area contributed by atoms with Gasteiger partial charge in [-0.05, 0) is 39.9 Å². The summed E-state index contributed by atoms with van der Waals surface area (Å²) in [5.41, 5.74) is 3.30. The maximum atomic E-state index is 13.1. The van der Waals surface area contributed by atoms with E-state index in [9.17, 15) is 9.90 Å². The third-order valence-electron chi connectivity index (χ3n) is 5.84. The topological polar surface area (TPSA) is 37.3 Å². The Balaban J connectivity index is 1.72. The van der Waals surface area contributed by atoms with Gasteiger partial charge in [0.25, 0.3) is 0 Å². The first-order chi connectivity index (χ1) is 13.6. The Morgan fingerprint density at radius 1 is 0.786 bits per heavy atom. The molecule has 1 atom stereocenters. The third-order valence-corrected chi connectivity index (χ3v) is 5.84. The molecule has 0 bridgehead atoms. The van der Waals surface area contributed by atoms with Gasteiger partial charge >= 0.3 is 0 Å². The molecule has 1 aliphatic rings. The molecule has 0 aliphatic heterocycles. The second-order valence-electron chi connectivity index (χ2n) is 7.59. The summed E-state index contributed by atoms with van der Waals surface area (Å²) in [6.07, 6.45) is 0.415. The number of benzene rings is 4. The Kier molecular flexibility index (Phi) is 3.71. The van der Waals surface area contributed by atoms with Crippen LogP contribution < -0.4 is 0 Å². The van der Waals surface area contributed by atoms with Crippen LogP contribution in [0, 0.1) is 6.92 Å². The molecule has 4 aromatic rings. The Bertz CT molecular complexity index is 1240. The first-order valence-corrected chi connectivity index (χ1v) is 9.52. The largest absolute Gasteiger partial charge is 0.380 e. The molecule has 28 heavy (non-hydrogen) atoms. The predicted molar refractivity (Wildman–Crippen MR) is 112 cm³/mol. The number of aryl methyl sites for hydroxylation is 1. The van der Waals surface area contributed by atoms with Crippen molar-refractivity contribution >= 4 is 16.6 Å². The first-order valence-electron chi connectivity index (χ1n) is 9.52. The Morgan fingerprint density at radius 2 is 1.50 bits per heavy atom. The summed E-state index contributed by atoms with van der Waals surface area (Å²) < 4.78 is 0. The van der Waals surface area contributed by atoms with Crippen molar-refractivity contribution < 1.29 is 9.90 Å². The minimum Gasteiger partial charge on any atom is -0.380 e. The normalized spacial score (nSPS) is 18.0. The molecule has 0 fully saturated rings. The van der Waals surface area contributed by atoms with Gasteiger partial charge in [0, 0.05) is 17.5 Å². The number of hydrogen-bond acceptors (Lipinski definition) is 2. The predicted octanol–water partition coefficient (Wildman–Crippen LogP) is 5.17. The van der Waals surface area contributed by atoms with Crippen molar-refractivity contribution in [1.82, 2.24) is 0 Å². The van der Waals surface area contributed by atoms with Crippen LogP contribution in [-0.2, 0) is 12.0 Å². The molecule has 1 aliphatic carbocycles. The molecular weight excluding hydrogens is 344 g/mol. The quantitative estimate of drug-likeness (QED) is 0.533. The van der Waals surface area contributed by atoms with Crippen LogP contribution in [0.25, 0.3) is 10.8 Å². The minimum absolute atomic E-state index is 0.00751. The fraction of sp³-hybridized carbons (Fsp3) is 0.115. The van der Waals surface area contributed by atoms with E-state index in [1.165, 1.54) is 5.39 Å². The van der Waals surface area contributed by atoms with E-state index in [-0.39, 0.29) is 5.78 Å². The van der Waals surface area contributed by atoms with Crippen LogP contribution in [0.1, 0.15) is 38.2 Å². The second kappa shape index (κ2) is 6.15. The zero-order chi connectivity index (χ0) is 19.3. The fourth-order valence-corrected chi connectivity index (χ4v) is 4.47. The third kappa shape index (κ3) is 2.42. The van der Waals surface area contributed by atoms with Gasteiger partial charge in [-0.2, -0.15) is 0 Å². The standard InChI is InChI=1S/C26H20O2/c1-17-7-6-12-23-24(17)25(27)21-10-4-5-11-22(21)26(23,28)16-18-13-14-19-8-2-3-9-20(19)15-18/h2-15,28H,16H2,1H3. The molecule has 0 spiro atoms. The van der Waals surface area contributed by atoms with Crippen molar-refractivity contribution in [2.24, 2.45) is 0 Å². The van der Waals surface area contributed by atoms with E-state index in [1.807, 2.05) is 61.5 Å². The molecular formula is C26H20O2. The van der Waals surface area contributed by atoms with E-state index >= 15 is 0 Å². The lowest BCUT2D eigenvalue weighted by molar-refractivity contribution is 0.0720. The monoisotopic (exact) mass is 364 g/mol. The maximum Gasteiger partial charge on any atom is 0.194 e. The number of carbonyl (C=O) groups excluding carboxylic acids is 1. The maximum absolute atomic E-state index is 13.1. The molecule has 0 saturated carbocycles. The Hall–Kier alpha value is -3.23. The average Bonchev–Trinajstić information content (AvgIpc) is 2.72. The number of carbonyl (C=O) groups is 1. The van der Waals surface area contributed by atoms with E-state index in [2.05, 4.69) is 30.3 Å². The van der Waals surface area contributed by atoms with E-state index in [1.54, 1.807) is 0 Å². The molecule has 0 amide bonds. The van der Waals surface area contributed by atoms with Gasteiger partial charge in [0.2, 0.25) is 0 Å². The van der Waals surface area contributed by atoms with E-state index in [0.717, 1.165) is 16.5 Å². The lowest BCUT2D eigenvalue weighted by atomic mass is 9.70. The van der Waals surface area contributed by atoms with Crippen LogP contribution in [0.4, 0.5) is 0 Å². The van der Waals surface area contributed by atoms with Gasteiger partial charge in [-0.15, -0.1) is 0 Å². The van der Waals surface area contributed by atoms with Crippen molar-refractivity contribution in [3.8, 4) is 0 Å². The summed E-state index contributed by atoms with van der Waals surface area (Å²) in [5, 5.41) is 14.3. The lowest BCUT2D eigenvalue weighted by Crippen LogP contribution is -2.38. The zero-order valence-corrected chi connectivity index (χ0v) is 15.6. The van der Waals surface area contributed by atoms with Crippen molar-refractivity contribution in [1.29, 1.82) is 0 Å². The molecule has 0 aromatic heterocycles. The van der Waals surface area contributed by atoms with Gasteiger partial charge in [-0.3, -0.25) is 4.79 Å². The van der Waals surface area contributed by atoms with Crippen LogP contribution in [0.2, 0.25) is 0 Å². The Morgan fingerprint density at radius 3 is 2.36 bits per heavy atom. The molecule has 5 rings (SSSR count). The SMILES string of the molecule is Cc1cccc2c1C(=O)c1ccccc1C2(O)Cc1ccc2ccccc2c1. The number of ketones is 1. The molecule has 0 heterocycles.